The second kappa shape index (κ2) is 11.2. The van der Waals surface area contributed by atoms with Gasteiger partial charge in [-0.25, -0.2) is 14.2 Å². The Labute approximate surface area is 234 Å². The summed E-state index contributed by atoms with van der Waals surface area (Å²) in [5.41, 5.74) is 5.47. The molecule has 4 N–H and O–H groups in total. The van der Waals surface area contributed by atoms with Crippen molar-refractivity contribution in [3.63, 3.8) is 0 Å². The van der Waals surface area contributed by atoms with Gasteiger partial charge in [-0.1, -0.05) is 16.9 Å². The molecule has 5 rings (SSSR count). The highest BCUT2D eigenvalue weighted by Crippen LogP contribution is 2.41. The number of aromatic nitrogens is 1. The number of anilines is 1. The molecule has 1 unspecified atom stereocenters. The number of alkyl halides is 1. The predicted molar refractivity (Wildman–Crippen MR) is 145 cm³/mol. The molecule has 2 atom stereocenters. The van der Waals surface area contributed by atoms with E-state index in [1.54, 1.807) is 17.6 Å². The first-order valence-electron chi connectivity index (χ1n) is 10.8. The number of halogens is 1. The smallest absolute Gasteiger partial charge is 0.352 e. The van der Waals surface area contributed by atoms with Crippen molar-refractivity contribution in [1.29, 1.82) is 0 Å². The quantitative estimate of drug-likeness (QED) is 0.141. The number of hydrogen-bond donors (Lipinski definition) is 3. The fourth-order valence-electron chi connectivity index (χ4n) is 3.78. The first-order chi connectivity index (χ1) is 18.8. The molecule has 2 aliphatic heterocycles. The number of hydrogen-bond acceptors (Lipinski definition) is 13. The lowest BCUT2D eigenvalue weighted by atomic mass is 10.0. The standard InChI is InChI=1S/C22H16FN5O7S4/c23-8-35-27-14(10-7-38-22(24)25-10)18(30)26-15-19(31)28-16(21(32)33)9(6-37-20(15)28)2-4-36-13-5-11(29)17-12(39-13)1-3-34-17/h1-5,7,15,20H,6,8H2,(H2,24,25)(H,26,30)(H,32,33)/t15?,20-/m1/s1. The molecule has 39 heavy (non-hydrogen) atoms. The van der Waals surface area contributed by atoms with Gasteiger partial charge in [-0.2, -0.15) is 0 Å². The minimum absolute atomic E-state index is 0.0383. The van der Waals surface area contributed by atoms with Crippen molar-refractivity contribution in [3.05, 3.63) is 62.4 Å². The number of carbonyl (C=O) groups is 3. The average molecular weight is 610 g/mol. The third-order valence-electron chi connectivity index (χ3n) is 5.44. The number of thiazole rings is 1. The number of β-lactam (4-membered cyclic amide) rings is 1. The Hall–Kier alpha value is -3.67. The van der Waals surface area contributed by atoms with Crippen LogP contribution in [-0.2, 0) is 19.2 Å². The van der Waals surface area contributed by atoms with Crippen LogP contribution >= 0.6 is 46.2 Å². The van der Waals surface area contributed by atoms with E-state index < -0.39 is 36.1 Å². The van der Waals surface area contributed by atoms with Crippen LogP contribution in [0, 0.1) is 0 Å². The third-order valence-corrected chi connectivity index (χ3v) is 9.43. The van der Waals surface area contributed by atoms with Crippen LogP contribution in [0.4, 0.5) is 9.52 Å². The van der Waals surface area contributed by atoms with Crippen LogP contribution in [0.3, 0.4) is 0 Å². The number of nitrogens with one attached hydrogen (secondary N) is 1. The number of carbonyl (C=O) groups excluding carboxylic acids is 2. The molecule has 0 aromatic carbocycles. The highest BCUT2D eigenvalue weighted by Gasteiger charge is 2.54. The van der Waals surface area contributed by atoms with Gasteiger partial charge in [0.1, 0.15) is 22.8 Å². The first kappa shape index (κ1) is 26.9. The minimum Gasteiger partial charge on any atom is -0.477 e. The Balaban J connectivity index is 1.31. The lowest BCUT2D eigenvalue weighted by Crippen LogP contribution is -2.71. The number of oxime groups is 1. The largest absolute Gasteiger partial charge is 0.477 e. The number of aliphatic carboxylic acids is 1. The zero-order chi connectivity index (χ0) is 27.7. The van der Waals surface area contributed by atoms with E-state index in [1.165, 1.54) is 52.6 Å². The summed E-state index contributed by atoms with van der Waals surface area (Å²) >= 11 is 4.88. The van der Waals surface area contributed by atoms with Crippen LogP contribution in [-0.4, -0.2) is 62.5 Å². The Morgan fingerprint density at radius 2 is 2.26 bits per heavy atom. The van der Waals surface area contributed by atoms with Gasteiger partial charge < -0.3 is 25.4 Å². The van der Waals surface area contributed by atoms with E-state index >= 15 is 0 Å². The number of fused-ring (bicyclic) bond motifs is 2. The highest BCUT2D eigenvalue weighted by molar-refractivity contribution is 8.04. The molecule has 12 nitrogen and oxygen atoms in total. The van der Waals surface area contributed by atoms with E-state index in [0.29, 0.717) is 14.5 Å². The first-order valence-corrected chi connectivity index (χ1v) is 14.4. The molecule has 3 aromatic rings. The Morgan fingerprint density at radius 3 is 2.97 bits per heavy atom. The lowest BCUT2D eigenvalue weighted by molar-refractivity contribution is -0.150. The van der Waals surface area contributed by atoms with Gasteiger partial charge in [-0.05, 0) is 23.1 Å². The summed E-state index contributed by atoms with van der Waals surface area (Å²) in [5, 5.41) is 18.4. The Kier molecular flexibility index (Phi) is 7.74. The summed E-state index contributed by atoms with van der Waals surface area (Å²) in [6.07, 6.45) is 3.02. The molecule has 202 valence electrons. The van der Waals surface area contributed by atoms with Gasteiger partial charge in [0.2, 0.25) is 5.43 Å². The maximum atomic E-state index is 13.0. The SMILES string of the molecule is Nc1nc(C(=NOCF)C(=O)NC2C(=O)N3C(C(=O)O)=C(C=CSc4cc(=O)c5occc5s4)CS[C@H]23)cs1. The van der Waals surface area contributed by atoms with Crippen molar-refractivity contribution in [3.8, 4) is 0 Å². The number of nitrogen functional groups attached to an aromatic ring is 1. The molecule has 0 radical (unpaired) electrons. The molecule has 0 bridgehead atoms. The fourth-order valence-corrected chi connectivity index (χ4v) is 7.56. The molecule has 1 fully saturated rings. The van der Waals surface area contributed by atoms with Crippen molar-refractivity contribution in [2.45, 2.75) is 15.6 Å². The number of allylic oxidation sites excluding steroid dienone is 1. The molecule has 3 aromatic heterocycles. The zero-order valence-corrected chi connectivity index (χ0v) is 22.6. The summed E-state index contributed by atoms with van der Waals surface area (Å²) in [4.78, 5) is 59.5. The minimum atomic E-state index is -1.30. The number of carboxylic acid groups (broad SMARTS) is 1. The number of carboxylic acids is 1. The van der Waals surface area contributed by atoms with Gasteiger partial charge in [0, 0.05) is 17.2 Å². The lowest BCUT2D eigenvalue weighted by Gasteiger charge is -2.49. The molecule has 0 spiro atoms. The summed E-state index contributed by atoms with van der Waals surface area (Å²) in [7, 11) is 0. The van der Waals surface area contributed by atoms with Crippen LogP contribution in [0.5, 0.6) is 0 Å². The normalized spacial score (nSPS) is 19.4. The monoisotopic (exact) mass is 609 g/mol. The number of rotatable bonds is 9. The number of furan rings is 1. The van der Waals surface area contributed by atoms with E-state index in [9.17, 15) is 28.7 Å². The van der Waals surface area contributed by atoms with Gasteiger partial charge in [0.05, 0.1) is 15.2 Å². The van der Waals surface area contributed by atoms with Crippen molar-refractivity contribution in [2.24, 2.45) is 5.16 Å². The van der Waals surface area contributed by atoms with Crippen molar-refractivity contribution in [2.75, 3.05) is 18.3 Å². The van der Waals surface area contributed by atoms with Crippen LogP contribution in [0.25, 0.3) is 10.3 Å². The van der Waals surface area contributed by atoms with Gasteiger partial charge in [0.15, 0.2) is 16.4 Å². The van der Waals surface area contributed by atoms with Crippen molar-refractivity contribution >= 4 is 85.1 Å². The maximum absolute atomic E-state index is 13.0. The summed E-state index contributed by atoms with van der Waals surface area (Å²) < 4.78 is 19.1. The van der Waals surface area contributed by atoms with Crippen LogP contribution in [0.15, 0.2) is 65.1 Å². The van der Waals surface area contributed by atoms with E-state index in [2.05, 4.69) is 20.3 Å². The van der Waals surface area contributed by atoms with E-state index in [1.807, 2.05) is 0 Å². The number of amides is 2. The number of thioether (sulfide) groups is 2. The molecule has 5 heterocycles. The van der Waals surface area contributed by atoms with Crippen molar-refractivity contribution in [1.82, 2.24) is 15.2 Å². The molecule has 0 saturated carbocycles. The van der Waals surface area contributed by atoms with Crippen molar-refractivity contribution < 1.29 is 33.1 Å². The van der Waals surface area contributed by atoms with Gasteiger partial charge in [-0.3, -0.25) is 19.3 Å². The second-order valence-corrected chi connectivity index (χ2v) is 12.0. The van der Waals surface area contributed by atoms with Gasteiger partial charge in [0.25, 0.3) is 18.7 Å². The molecule has 0 aliphatic carbocycles. The summed E-state index contributed by atoms with van der Waals surface area (Å²) in [5.74, 6) is -2.55. The average Bonchev–Trinajstić information content (AvgIpc) is 3.56. The summed E-state index contributed by atoms with van der Waals surface area (Å²) in [6, 6.07) is 2.08. The molecular formula is C22H16FN5O7S4. The maximum Gasteiger partial charge on any atom is 0.352 e. The zero-order valence-electron chi connectivity index (χ0n) is 19.4. The number of nitrogens with zero attached hydrogens (tertiary/aromatic N) is 3. The van der Waals surface area contributed by atoms with Crippen LogP contribution in [0.1, 0.15) is 5.69 Å². The van der Waals surface area contributed by atoms with Gasteiger partial charge >= 0.3 is 5.97 Å². The van der Waals surface area contributed by atoms with E-state index in [4.69, 9.17) is 10.2 Å². The van der Waals surface area contributed by atoms with Crippen LogP contribution in [0.2, 0.25) is 0 Å². The molecule has 2 aliphatic rings. The predicted octanol–water partition coefficient (Wildman–Crippen LogP) is 2.59. The molecular weight excluding hydrogens is 594 g/mol. The molecule has 2 amide bonds. The highest BCUT2D eigenvalue weighted by atomic mass is 32.2. The van der Waals surface area contributed by atoms with E-state index in [0.717, 1.165) is 16.2 Å². The van der Waals surface area contributed by atoms with Gasteiger partial charge in [-0.15, -0.1) is 34.4 Å². The topological polar surface area (TPSA) is 177 Å². The Bertz CT molecular complexity index is 1630. The summed E-state index contributed by atoms with van der Waals surface area (Å²) in [6.45, 7) is -1.29. The Morgan fingerprint density at radius 1 is 1.44 bits per heavy atom. The van der Waals surface area contributed by atoms with Crippen LogP contribution < -0.4 is 16.5 Å². The van der Waals surface area contributed by atoms with E-state index in [-0.39, 0.29) is 39.0 Å². The second-order valence-electron chi connectivity index (χ2n) is 7.75. The molecule has 1 saturated heterocycles. The fraction of sp³-hybridized carbons (Fsp3) is 0.182. The number of nitrogens with two attached hydrogens (primary N) is 1. The third kappa shape index (κ3) is 5.29. The molecule has 17 heteroatoms.